The molecular weight excluding hydrogens is 294 g/mol. The lowest BCUT2D eigenvalue weighted by molar-refractivity contribution is -0.115. The van der Waals surface area contributed by atoms with Gasteiger partial charge in [-0.3, -0.25) is 14.6 Å². The Labute approximate surface area is 122 Å². The zero-order valence-corrected chi connectivity index (χ0v) is 12.0. The minimum atomic E-state index is -0.583. The van der Waals surface area contributed by atoms with E-state index in [4.69, 9.17) is 0 Å². The molecule has 1 saturated carbocycles. The van der Waals surface area contributed by atoms with Crippen LogP contribution in [0.25, 0.3) is 0 Å². The smallest absolute Gasteiger partial charge is 0.311 e. The minimum Gasteiger partial charge on any atom is -0.311 e. The maximum atomic E-state index is 11.9. The van der Waals surface area contributed by atoms with Crippen LogP contribution in [0.4, 0.5) is 5.13 Å². The molecule has 0 spiro atoms. The van der Waals surface area contributed by atoms with Crippen LogP contribution in [0.3, 0.4) is 0 Å². The van der Waals surface area contributed by atoms with Gasteiger partial charge in [0.2, 0.25) is 11.0 Å². The van der Waals surface area contributed by atoms with Gasteiger partial charge in [0.25, 0.3) is 5.56 Å². The summed E-state index contributed by atoms with van der Waals surface area (Å²) in [6, 6.07) is 0. The number of H-pyrrole nitrogens is 2. The Hall–Kier alpha value is -2.29. The van der Waals surface area contributed by atoms with Gasteiger partial charge in [0.05, 0.1) is 6.42 Å². The topological polar surface area (TPSA) is 121 Å². The zero-order valence-electron chi connectivity index (χ0n) is 11.2. The largest absolute Gasteiger partial charge is 0.325 e. The van der Waals surface area contributed by atoms with E-state index in [2.05, 4.69) is 25.5 Å². The molecule has 0 radical (unpaired) electrons. The number of anilines is 1. The molecule has 21 heavy (non-hydrogen) atoms. The van der Waals surface area contributed by atoms with E-state index in [0.717, 1.165) is 17.8 Å². The van der Waals surface area contributed by atoms with Crippen LogP contribution in [-0.4, -0.2) is 26.1 Å². The van der Waals surface area contributed by atoms with Gasteiger partial charge < -0.3 is 10.3 Å². The van der Waals surface area contributed by atoms with Gasteiger partial charge >= 0.3 is 5.69 Å². The first-order valence-corrected chi connectivity index (χ1v) is 7.30. The van der Waals surface area contributed by atoms with E-state index >= 15 is 0 Å². The van der Waals surface area contributed by atoms with Crippen LogP contribution < -0.4 is 16.6 Å². The molecule has 2 aromatic rings. The summed E-state index contributed by atoms with van der Waals surface area (Å²) < 4.78 is 0. The monoisotopic (exact) mass is 307 g/mol. The number of hydrogen-bond acceptors (Lipinski definition) is 6. The number of nitrogens with zero attached hydrogens (tertiary/aromatic N) is 2. The zero-order chi connectivity index (χ0) is 15.0. The third-order valence-electron chi connectivity index (χ3n) is 3.21. The van der Waals surface area contributed by atoms with Crippen molar-refractivity contribution in [2.24, 2.45) is 0 Å². The average molecular weight is 307 g/mol. The average Bonchev–Trinajstić information content (AvgIpc) is 3.15. The summed E-state index contributed by atoms with van der Waals surface area (Å²) in [6.07, 6.45) is 2.11. The summed E-state index contributed by atoms with van der Waals surface area (Å²) in [6.45, 7) is 1.58. The lowest BCUT2D eigenvalue weighted by Crippen LogP contribution is -2.29. The van der Waals surface area contributed by atoms with Crippen LogP contribution in [0.2, 0.25) is 0 Å². The number of carbonyl (C=O) groups excluding carboxylic acids is 1. The number of aromatic amines is 2. The Morgan fingerprint density at radius 2 is 2.10 bits per heavy atom. The van der Waals surface area contributed by atoms with Gasteiger partial charge in [-0.25, -0.2) is 4.79 Å². The maximum Gasteiger partial charge on any atom is 0.325 e. The molecule has 0 bridgehead atoms. The molecule has 8 nitrogen and oxygen atoms in total. The van der Waals surface area contributed by atoms with E-state index in [1.807, 2.05) is 0 Å². The molecule has 110 valence electrons. The van der Waals surface area contributed by atoms with Crippen molar-refractivity contribution in [2.75, 3.05) is 5.32 Å². The first kappa shape index (κ1) is 13.7. The minimum absolute atomic E-state index is 0.129. The summed E-state index contributed by atoms with van der Waals surface area (Å²) in [7, 11) is 0. The summed E-state index contributed by atoms with van der Waals surface area (Å²) in [5.74, 6) is 0.117. The summed E-state index contributed by atoms with van der Waals surface area (Å²) in [5, 5.41) is 11.9. The number of carbonyl (C=O) groups is 1. The predicted molar refractivity (Wildman–Crippen MR) is 76.6 cm³/mol. The Morgan fingerprint density at radius 3 is 2.76 bits per heavy atom. The number of rotatable bonds is 4. The summed E-state index contributed by atoms with van der Waals surface area (Å²) in [4.78, 5) is 39.3. The second-order valence-electron chi connectivity index (χ2n) is 4.96. The third-order valence-corrected chi connectivity index (χ3v) is 4.21. The molecule has 0 aromatic carbocycles. The Balaban J connectivity index is 1.71. The number of hydrogen-bond donors (Lipinski definition) is 3. The van der Waals surface area contributed by atoms with Gasteiger partial charge in [-0.1, -0.05) is 11.3 Å². The van der Waals surface area contributed by atoms with E-state index < -0.39 is 11.2 Å². The van der Waals surface area contributed by atoms with Gasteiger partial charge in [-0.2, -0.15) is 0 Å². The lowest BCUT2D eigenvalue weighted by atomic mass is 10.1. The predicted octanol–water partition coefficient (Wildman–Crippen LogP) is 0.282. The molecule has 9 heteroatoms. The number of aromatic nitrogens is 4. The normalized spacial score (nSPS) is 14.1. The lowest BCUT2D eigenvalue weighted by Gasteiger charge is -2.03. The van der Waals surface area contributed by atoms with E-state index in [9.17, 15) is 14.4 Å². The second-order valence-corrected chi connectivity index (χ2v) is 5.97. The van der Waals surface area contributed by atoms with Crippen molar-refractivity contribution in [1.29, 1.82) is 0 Å². The quantitative estimate of drug-likeness (QED) is 0.749. The Morgan fingerprint density at radius 1 is 1.33 bits per heavy atom. The molecule has 1 fully saturated rings. The first-order valence-electron chi connectivity index (χ1n) is 6.48. The van der Waals surface area contributed by atoms with Crippen molar-refractivity contribution in [3.05, 3.63) is 37.1 Å². The molecule has 0 saturated heterocycles. The molecule has 2 heterocycles. The van der Waals surface area contributed by atoms with Gasteiger partial charge in [-0.05, 0) is 19.8 Å². The SMILES string of the molecule is Cc1[nH]c(=O)[nH]c(=O)c1CC(=O)Nc1nnc(C2CC2)s1. The molecule has 1 aliphatic rings. The van der Waals surface area contributed by atoms with Gasteiger partial charge in [0.1, 0.15) is 5.01 Å². The maximum absolute atomic E-state index is 11.9. The molecular formula is C12H13N5O3S. The van der Waals surface area contributed by atoms with E-state index in [1.54, 1.807) is 6.92 Å². The fourth-order valence-electron chi connectivity index (χ4n) is 1.94. The van der Waals surface area contributed by atoms with Crippen molar-refractivity contribution in [3.8, 4) is 0 Å². The highest BCUT2D eigenvalue weighted by Gasteiger charge is 2.27. The van der Waals surface area contributed by atoms with Crippen LogP contribution >= 0.6 is 11.3 Å². The molecule has 0 aliphatic heterocycles. The standard InChI is InChI=1S/C12H13N5O3S/c1-5-7(9(19)15-11(20)13-5)4-8(18)14-12-17-16-10(21-12)6-2-3-6/h6H,2-4H2,1H3,(H,14,17,18)(H2,13,15,19,20). The highest BCUT2D eigenvalue weighted by Crippen LogP contribution is 2.41. The number of aryl methyl sites for hydroxylation is 1. The molecule has 1 amide bonds. The summed E-state index contributed by atoms with van der Waals surface area (Å²) >= 11 is 1.36. The third kappa shape index (κ3) is 3.07. The molecule has 3 N–H and O–H groups in total. The van der Waals surface area contributed by atoms with Crippen molar-refractivity contribution in [3.63, 3.8) is 0 Å². The number of nitrogens with one attached hydrogen (secondary N) is 3. The van der Waals surface area contributed by atoms with Crippen molar-refractivity contribution in [1.82, 2.24) is 20.2 Å². The molecule has 0 atom stereocenters. The van der Waals surface area contributed by atoms with Gasteiger partial charge in [0, 0.05) is 17.2 Å². The molecule has 3 rings (SSSR count). The van der Waals surface area contributed by atoms with Crippen LogP contribution in [0.1, 0.15) is 35.0 Å². The molecule has 1 aliphatic carbocycles. The van der Waals surface area contributed by atoms with Crippen LogP contribution in [0.15, 0.2) is 9.59 Å². The van der Waals surface area contributed by atoms with Gasteiger partial charge in [-0.15, -0.1) is 10.2 Å². The molecule has 2 aromatic heterocycles. The molecule has 0 unspecified atom stereocenters. The van der Waals surface area contributed by atoms with E-state index in [-0.39, 0.29) is 17.9 Å². The van der Waals surface area contributed by atoms with Crippen molar-refractivity contribution < 1.29 is 4.79 Å². The fraction of sp³-hybridized carbons (Fsp3) is 0.417. The summed E-state index contributed by atoms with van der Waals surface area (Å²) in [5.41, 5.74) is -0.518. The van der Waals surface area contributed by atoms with Gasteiger partial charge in [0.15, 0.2) is 0 Å². The fourth-order valence-corrected chi connectivity index (χ4v) is 2.87. The highest BCUT2D eigenvalue weighted by molar-refractivity contribution is 7.15. The second kappa shape index (κ2) is 5.24. The Kier molecular flexibility index (Phi) is 3.42. The Bertz CT molecular complexity index is 802. The van der Waals surface area contributed by atoms with Crippen molar-refractivity contribution in [2.45, 2.75) is 32.1 Å². The van der Waals surface area contributed by atoms with Crippen molar-refractivity contribution >= 4 is 22.4 Å². The van der Waals surface area contributed by atoms with Crippen LogP contribution in [0.5, 0.6) is 0 Å². The van der Waals surface area contributed by atoms with Crippen LogP contribution in [-0.2, 0) is 11.2 Å². The van der Waals surface area contributed by atoms with Crippen LogP contribution in [0, 0.1) is 6.92 Å². The number of amides is 1. The first-order chi connectivity index (χ1) is 10.0. The van der Waals surface area contributed by atoms with E-state index in [0.29, 0.717) is 16.7 Å². The van der Waals surface area contributed by atoms with E-state index in [1.165, 1.54) is 11.3 Å². The highest BCUT2D eigenvalue weighted by atomic mass is 32.1.